The van der Waals surface area contributed by atoms with Crippen molar-refractivity contribution in [1.82, 2.24) is 29.9 Å². The molecule has 9 nitrogen and oxygen atoms in total. The van der Waals surface area contributed by atoms with E-state index in [0.717, 1.165) is 11.1 Å². The highest BCUT2D eigenvalue weighted by Crippen LogP contribution is 2.11. The molecular weight excluding hydrogens is 881 g/mol. The molecule has 3 aromatic heterocycles. The molecule has 0 amide bonds. The molecule has 0 saturated carbocycles. The molecule has 5 aromatic rings. The Bertz CT molecular complexity index is 1470. The summed E-state index contributed by atoms with van der Waals surface area (Å²) < 4.78 is 13.4. The first-order chi connectivity index (χ1) is 21.8. The van der Waals surface area contributed by atoms with Gasteiger partial charge in [0.25, 0.3) is 0 Å². The van der Waals surface area contributed by atoms with Crippen LogP contribution in [0.4, 0.5) is 11.5 Å². The van der Waals surface area contributed by atoms with Gasteiger partial charge in [0, 0.05) is 62.4 Å². The molecule has 0 saturated heterocycles. The van der Waals surface area contributed by atoms with Gasteiger partial charge in [-0.15, -0.1) is 0 Å². The number of alkyl halides is 1. The normalized spacial score (nSPS) is 9.23. The van der Waals surface area contributed by atoms with Crippen LogP contribution in [-0.2, 0) is 17.6 Å². The highest BCUT2D eigenvalue weighted by Gasteiger charge is 2.03. The number of fused-ring (bicyclic) bond motifs is 1. The molecule has 0 bridgehead atoms. The Balaban J connectivity index is 0. The molecule has 0 aliphatic rings. The number of hydrogen-bond acceptors (Lipinski definition) is 9. The van der Waals surface area contributed by atoms with E-state index >= 15 is 0 Å². The zero-order chi connectivity index (χ0) is 34.6. The molecule has 0 unspecified atom stereocenters. The number of halogens is 3. The van der Waals surface area contributed by atoms with E-state index in [0.29, 0.717) is 47.2 Å². The third-order valence-corrected chi connectivity index (χ3v) is 4.54. The van der Waals surface area contributed by atoms with E-state index in [4.69, 9.17) is 19.0 Å². The summed E-state index contributed by atoms with van der Waals surface area (Å²) in [6.07, 6.45) is 5.44. The van der Waals surface area contributed by atoms with E-state index in [1.807, 2.05) is 93.3 Å². The van der Waals surface area contributed by atoms with Gasteiger partial charge in [-0.05, 0) is 23.0 Å². The van der Waals surface area contributed by atoms with Gasteiger partial charge in [0.15, 0.2) is 5.65 Å². The lowest BCUT2D eigenvalue weighted by Gasteiger charge is -2.02. The van der Waals surface area contributed by atoms with Gasteiger partial charge in [-0.1, -0.05) is 111 Å². The van der Waals surface area contributed by atoms with Crippen LogP contribution < -0.4 is 11.5 Å². The van der Waals surface area contributed by atoms with E-state index in [1.54, 1.807) is 12.4 Å². The zero-order valence-electron chi connectivity index (χ0n) is 27.3. The standard InChI is InChI=1S/C13H10N4.C11H12N4.C2H4O.2C2H6.CH3I.I2/c1-2-4-10(5-3-1)8-12-16-9-11-13(17-12)15-7-6-14-11;12-9-7-14-10(15-11(9)13)6-8-4-2-1-3-5-8;1-2-3;4*1-2/h1-7,9H,8H2;1-5,7H,6,12H2,(H2,13,14,15);2H,1H3;2*1-2H3;1H3;/i7D;;2D;;;;. The van der Waals surface area contributed by atoms with Gasteiger partial charge in [0.05, 0.1) is 19.5 Å². The fourth-order valence-electron chi connectivity index (χ4n) is 2.93. The topological polar surface area (TPSA) is 146 Å². The van der Waals surface area contributed by atoms with Crippen molar-refractivity contribution in [2.24, 2.45) is 0 Å². The number of benzene rings is 2. The molecule has 0 aliphatic carbocycles. The van der Waals surface area contributed by atoms with E-state index in [2.05, 4.69) is 89.7 Å². The van der Waals surface area contributed by atoms with Crippen LogP contribution >= 0.6 is 59.8 Å². The van der Waals surface area contributed by atoms with Crippen molar-refractivity contribution in [3.8, 4) is 0 Å². The van der Waals surface area contributed by atoms with E-state index < -0.39 is 6.26 Å². The summed E-state index contributed by atoms with van der Waals surface area (Å²) in [6, 6.07) is 20.0. The second kappa shape index (κ2) is 29.5. The number of hydrogen-bond donors (Lipinski definition) is 2. The van der Waals surface area contributed by atoms with Gasteiger partial charge in [0.2, 0.25) is 0 Å². The molecule has 0 fully saturated rings. The van der Waals surface area contributed by atoms with Crippen LogP contribution in [0, 0.1) is 0 Å². The van der Waals surface area contributed by atoms with Crippen molar-refractivity contribution in [1.29, 1.82) is 0 Å². The summed E-state index contributed by atoms with van der Waals surface area (Å²) in [6.45, 7) is 9.19. The predicted molar refractivity (Wildman–Crippen MR) is 207 cm³/mol. The summed E-state index contributed by atoms with van der Waals surface area (Å²) in [5, 5.41) is 0. The number of carbonyl (C=O) groups is 1. The lowest BCUT2D eigenvalue weighted by atomic mass is 10.1. The van der Waals surface area contributed by atoms with Crippen molar-refractivity contribution >= 4 is 88.8 Å². The Labute approximate surface area is 295 Å². The monoisotopic (exact) mass is 924 g/mol. The van der Waals surface area contributed by atoms with E-state index in [-0.39, 0.29) is 6.17 Å². The molecule has 3 heterocycles. The molecule has 0 aliphatic heterocycles. The molecular formula is C31H41I3N8O. The minimum absolute atomic E-state index is 0.117. The number of rotatable bonds is 4. The molecule has 4 N–H and O–H groups in total. The smallest absolute Gasteiger partial charge is 0.181 e. The van der Waals surface area contributed by atoms with Crippen LogP contribution in [0.1, 0.15) is 60.1 Å². The van der Waals surface area contributed by atoms with Crippen LogP contribution in [0.5, 0.6) is 0 Å². The van der Waals surface area contributed by atoms with Gasteiger partial charge < -0.3 is 16.3 Å². The maximum absolute atomic E-state index is 9.11. The minimum atomic E-state index is -0.583. The molecule has 0 radical (unpaired) electrons. The maximum Gasteiger partial charge on any atom is 0.181 e. The van der Waals surface area contributed by atoms with Gasteiger partial charge in [0.1, 0.15) is 30.6 Å². The summed E-state index contributed by atoms with van der Waals surface area (Å²) in [7, 11) is 0. The SMILES string of the molecule is CC.CC.CI.II.Nc1cnc(Cc2ccccc2)nc1N.[2H]C(C)=O.[2H]c1cnc2cnc(Cc3ccccc3)nc2n1. The second-order valence-corrected chi connectivity index (χ2v) is 7.15. The molecule has 2 aromatic carbocycles. The lowest BCUT2D eigenvalue weighted by molar-refractivity contribution is -0.106. The van der Waals surface area contributed by atoms with Crippen LogP contribution in [-0.4, -0.2) is 41.1 Å². The third kappa shape index (κ3) is 18.6. The Morgan fingerprint density at radius 3 is 1.67 bits per heavy atom. The number of aldehydes is 1. The first-order valence-electron chi connectivity index (χ1n) is 14.2. The number of nitrogens with zero attached hydrogens (tertiary/aromatic N) is 6. The average Bonchev–Trinajstić information content (AvgIpc) is 3.07. The van der Waals surface area contributed by atoms with E-state index in [9.17, 15) is 0 Å². The van der Waals surface area contributed by atoms with Gasteiger partial charge in [-0.25, -0.2) is 29.9 Å². The molecule has 5 rings (SSSR count). The van der Waals surface area contributed by atoms with Crippen molar-refractivity contribution in [2.45, 2.75) is 47.5 Å². The van der Waals surface area contributed by atoms with Crippen molar-refractivity contribution in [2.75, 3.05) is 16.4 Å². The summed E-state index contributed by atoms with van der Waals surface area (Å²) in [4.78, 5) is 36.0. The van der Waals surface area contributed by atoms with Crippen LogP contribution in [0.3, 0.4) is 0 Å². The number of anilines is 2. The highest BCUT2D eigenvalue weighted by atomic mass is 128. The maximum atomic E-state index is 9.11. The zero-order valence-corrected chi connectivity index (χ0v) is 31.8. The average molecular weight is 924 g/mol. The van der Waals surface area contributed by atoms with Crippen molar-refractivity contribution in [3.05, 3.63) is 108 Å². The number of aromatic nitrogens is 6. The quantitative estimate of drug-likeness (QED) is 0.103. The fraction of sp³-hybridized carbons (Fsp3) is 0.258. The predicted octanol–water partition coefficient (Wildman–Crippen LogP) is 8.32. The Kier molecular flexibility index (Phi) is 26.3. The molecule has 12 heteroatoms. The Hall–Kier alpha value is -2.60. The van der Waals surface area contributed by atoms with Crippen LogP contribution in [0.2, 0.25) is 0 Å². The van der Waals surface area contributed by atoms with Crippen LogP contribution in [0.15, 0.2) is 85.4 Å². The molecule has 43 heavy (non-hydrogen) atoms. The van der Waals surface area contributed by atoms with Gasteiger partial charge in [-0.2, -0.15) is 0 Å². The summed E-state index contributed by atoms with van der Waals surface area (Å²) >= 11 is 6.39. The largest absolute Gasteiger partial charge is 0.394 e. The van der Waals surface area contributed by atoms with Crippen molar-refractivity contribution in [3.63, 3.8) is 0 Å². The third-order valence-electron chi connectivity index (χ3n) is 4.54. The van der Waals surface area contributed by atoms with E-state index in [1.165, 1.54) is 13.1 Å². The Morgan fingerprint density at radius 2 is 1.21 bits per heavy atom. The van der Waals surface area contributed by atoms with Gasteiger partial charge in [-0.3, -0.25) is 0 Å². The van der Waals surface area contributed by atoms with Gasteiger partial charge >= 0.3 is 0 Å². The van der Waals surface area contributed by atoms with Crippen molar-refractivity contribution < 1.29 is 7.54 Å². The second-order valence-electron chi connectivity index (χ2n) is 7.15. The summed E-state index contributed by atoms with van der Waals surface area (Å²) in [5.41, 5.74) is 14.9. The summed E-state index contributed by atoms with van der Waals surface area (Å²) in [5.74, 6) is 1.72. The molecule has 232 valence electrons. The highest BCUT2D eigenvalue weighted by molar-refractivity contribution is 15.0. The molecule has 0 atom stereocenters. The Morgan fingerprint density at radius 1 is 0.767 bits per heavy atom. The number of carbonyl (C=O) groups excluding carboxylic acids is 1. The van der Waals surface area contributed by atoms with Crippen LogP contribution in [0.25, 0.3) is 11.2 Å². The minimum Gasteiger partial charge on any atom is -0.394 e. The fourth-order valence-corrected chi connectivity index (χ4v) is 2.93. The number of nitrogens with two attached hydrogens (primary N) is 2. The number of nitrogen functional groups attached to an aromatic ring is 2. The first kappa shape index (κ1) is 38.4. The molecule has 0 spiro atoms. The lowest BCUT2D eigenvalue weighted by Crippen LogP contribution is -2.03. The first-order valence-corrected chi connectivity index (χ1v) is 21.6.